The van der Waals surface area contributed by atoms with Crippen LogP contribution in [-0.2, 0) is 4.79 Å². The molecule has 1 heteroatoms. The summed E-state index contributed by atoms with van der Waals surface area (Å²) in [5, 5.41) is 0. The molecule has 0 bridgehead atoms. The number of hydrogen-bond acceptors (Lipinski definition) is 1. The second-order valence-electron chi connectivity index (χ2n) is 6.10. The second kappa shape index (κ2) is 12.4. The molecule has 118 valence electrons. The molecule has 0 aromatic heterocycles. The van der Waals surface area contributed by atoms with Gasteiger partial charge in [-0.25, -0.2) is 0 Å². The third-order valence-electron chi connectivity index (χ3n) is 3.43. The van der Waals surface area contributed by atoms with E-state index >= 15 is 0 Å². The molecule has 0 radical (unpaired) electrons. The van der Waals surface area contributed by atoms with Gasteiger partial charge < -0.3 is 0 Å². The van der Waals surface area contributed by atoms with Crippen LogP contribution in [-0.4, -0.2) is 6.29 Å². The molecule has 0 heterocycles. The van der Waals surface area contributed by atoms with Gasteiger partial charge in [-0.2, -0.15) is 0 Å². The minimum atomic E-state index is 0.831. The Labute approximate surface area is 131 Å². The Morgan fingerprint density at radius 2 is 1.14 bits per heavy atom. The third-order valence-corrected chi connectivity index (χ3v) is 3.43. The maximum atomic E-state index is 10.5. The van der Waals surface area contributed by atoms with Gasteiger partial charge in [-0.05, 0) is 78.7 Å². The molecule has 0 amide bonds. The molecule has 0 aliphatic heterocycles. The fraction of sp³-hybridized carbons (Fsp3) is 0.550. The van der Waals surface area contributed by atoms with Crippen LogP contribution in [0.1, 0.15) is 73.1 Å². The van der Waals surface area contributed by atoms with E-state index in [1.165, 1.54) is 16.7 Å². The van der Waals surface area contributed by atoms with Gasteiger partial charge in [0.25, 0.3) is 0 Å². The van der Waals surface area contributed by atoms with Gasteiger partial charge in [0.2, 0.25) is 0 Å². The number of carbonyl (C=O) groups excluding carboxylic acids is 1. The van der Waals surface area contributed by atoms with Crippen molar-refractivity contribution < 1.29 is 4.79 Å². The van der Waals surface area contributed by atoms with E-state index in [0.29, 0.717) is 0 Å². The molecule has 0 saturated carbocycles. The number of unbranched alkanes of at least 4 members (excludes halogenated alkanes) is 1. The van der Waals surface area contributed by atoms with E-state index in [9.17, 15) is 4.79 Å². The summed E-state index contributed by atoms with van der Waals surface area (Å²) in [6.07, 6.45) is 16.5. The quantitative estimate of drug-likeness (QED) is 0.199. The van der Waals surface area contributed by atoms with Crippen molar-refractivity contribution in [2.75, 3.05) is 0 Å². The fourth-order valence-corrected chi connectivity index (χ4v) is 2.03. The van der Waals surface area contributed by atoms with Crippen molar-refractivity contribution in [1.82, 2.24) is 0 Å². The lowest BCUT2D eigenvalue weighted by Gasteiger charge is -2.01. The Balaban J connectivity index is 3.93. The van der Waals surface area contributed by atoms with Crippen LogP contribution in [0.5, 0.6) is 0 Å². The zero-order valence-corrected chi connectivity index (χ0v) is 14.5. The van der Waals surface area contributed by atoms with Crippen LogP contribution in [0.3, 0.4) is 0 Å². The first-order chi connectivity index (χ1) is 9.95. The first-order valence-corrected chi connectivity index (χ1v) is 8.02. The van der Waals surface area contributed by atoms with Crippen molar-refractivity contribution in [2.24, 2.45) is 0 Å². The first-order valence-electron chi connectivity index (χ1n) is 8.02. The fourth-order valence-electron chi connectivity index (χ4n) is 2.03. The van der Waals surface area contributed by atoms with Crippen molar-refractivity contribution >= 4 is 6.29 Å². The van der Waals surface area contributed by atoms with E-state index in [-0.39, 0.29) is 0 Å². The highest BCUT2D eigenvalue weighted by molar-refractivity contribution is 5.71. The molecule has 0 aliphatic rings. The van der Waals surface area contributed by atoms with Gasteiger partial charge in [-0.1, -0.05) is 41.0 Å². The zero-order chi connectivity index (χ0) is 16.1. The van der Waals surface area contributed by atoms with E-state index in [1.54, 1.807) is 0 Å². The maximum Gasteiger partial charge on any atom is 0.145 e. The van der Waals surface area contributed by atoms with Crippen molar-refractivity contribution in [3.63, 3.8) is 0 Å². The summed E-state index contributed by atoms with van der Waals surface area (Å²) in [6.45, 7) is 10.6. The lowest BCUT2D eigenvalue weighted by Crippen LogP contribution is -1.82. The normalized spacial score (nSPS) is 13.3. The Hall–Kier alpha value is -1.37. The van der Waals surface area contributed by atoms with E-state index in [1.807, 2.05) is 13.0 Å². The molecule has 0 aromatic rings. The van der Waals surface area contributed by atoms with E-state index < -0.39 is 0 Å². The number of rotatable bonds is 10. The summed E-state index contributed by atoms with van der Waals surface area (Å²) in [5.41, 5.74) is 5.14. The molecule has 0 aliphatic carbocycles. The van der Waals surface area contributed by atoms with Crippen molar-refractivity contribution in [1.29, 1.82) is 0 Å². The number of aldehydes is 1. The highest BCUT2D eigenvalue weighted by atomic mass is 16.1. The predicted molar refractivity (Wildman–Crippen MR) is 94.5 cm³/mol. The molecule has 0 N–H and O–H groups in total. The molecule has 0 rings (SSSR count). The van der Waals surface area contributed by atoms with Gasteiger partial charge in [-0.3, -0.25) is 4.79 Å². The number of allylic oxidation sites excluding steroid dienone is 8. The average Bonchev–Trinajstić information content (AvgIpc) is 2.43. The van der Waals surface area contributed by atoms with Crippen LogP contribution in [0.4, 0.5) is 0 Å². The van der Waals surface area contributed by atoms with E-state index in [0.717, 1.165) is 50.4 Å². The molecular weight excluding hydrogens is 256 g/mol. The lowest BCUT2D eigenvalue weighted by molar-refractivity contribution is -0.104. The third kappa shape index (κ3) is 13.4. The molecule has 1 nitrogen and oxygen atoms in total. The van der Waals surface area contributed by atoms with Gasteiger partial charge in [0.05, 0.1) is 0 Å². The summed E-state index contributed by atoms with van der Waals surface area (Å²) in [7, 11) is 0. The van der Waals surface area contributed by atoms with Gasteiger partial charge in [0.15, 0.2) is 0 Å². The van der Waals surface area contributed by atoms with Gasteiger partial charge in [0, 0.05) is 0 Å². The molecule has 0 aromatic carbocycles. The molecule has 0 saturated heterocycles. The van der Waals surface area contributed by atoms with Gasteiger partial charge in [0.1, 0.15) is 6.29 Å². The molecule has 0 fully saturated rings. The van der Waals surface area contributed by atoms with Crippen LogP contribution in [0, 0.1) is 0 Å². The average molecular weight is 288 g/mol. The van der Waals surface area contributed by atoms with Crippen molar-refractivity contribution in [3.8, 4) is 0 Å². The summed E-state index contributed by atoms with van der Waals surface area (Å²) in [5.74, 6) is 0. The summed E-state index contributed by atoms with van der Waals surface area (Å²) >= 11 is 0. The second-order valence-corrected chi connectivity index (χ2v) is 6.10. The minimum absolute atomic E-state index is 0.831. The maximum absolute atomic E-state index is 10.5. The minimum Gasteiger partial charge on any atom is -0.298 e. The number of carbonyl (C=O) groups is 1. The molecule has 0 unspecified atom stereocenters. The Morgan fingerprint density at radius 3 is 1.67 bits per heavy atom. The van der Waals surface area contributed by atoms with E-state index in [2.05, 4.69) is 45.9 Å². The largest absolute Gasteiger partial charge is 0.298 e. The SMILES string of the molecule is CC(C)=CCCC=C(C)CCC=C(C)CCC=C(C)C=O. The van der Waals surface area contributed by atoms with Crippen LogP contribution in [0.2, 0.25) is 0 Å². The topological polar surface area (TPSA) is 17.1 Å². The lowest BCUT2D eigenvalue weighted by atomic mass is 10.1. The smallest absolute Gasteiger partial charge is 0.145 e. The van der Waals surface area contributed by atoms with Crippen LogP contribution >= 0.6 is 0 Å². The molecule has 0 atom stereocenters. The summed E-state index contributed by atoms with van der Waals surface area (Å²) in [4.78, 5) is 10.5. The highest BCUT2D eigenvalue weighted by Gasteiger charge is 1.92. The standard InChI is InChI=1S/C20H32O/c1-17(2)10-6-7-11-18(3)12-8-13-19(4)14-9-15-20(5)16-21/h10-11,13,15-16H,6-9,12,14H2,1-5H3. The molecule has 21 heavy (non-hydrogen) atoms. The summed E-state index contributed by atoms with van der Waals surface area (Å²) in [6, 6.07) is 0. The van der Waals surface area contributed by atoms with Crippen molar-refractivity contribution in [3.05, 3.63) is 46.6 Å². The molecular formula is C20H32O. The number of hydrogen-bond donors (Lipinski definition) is 0. The molecule has 0 spiro atoms. The summed E-state index contributed by atoms with van der Waals surface area (Å²) < 4.78 is 0. The monoisotopic (exact) mass is 288 g/mol. The van der Waals surface area contributed by atoms with Gasteiger partial charge >= 0.3 is 0 Å². The Bertz CT molecular complexity index is 415. The van der Waals surface area contributed by atoms with Crippen LogP contribution < -0.4 is 0 Å². The van der Waals surface area contributed by atoms with Gasteiger partial charge in [-0.15, -0.1) is 0 Å². The predicted octanol–water partition coefficient (Wildman–Crippen LogP) is 6.33. The Kier molecular flexibility index (Phi) is 11.6. The van der Waals surface area contributed by atoms with Crippen LogP contribution in [0.25, 0.3) is 0 Å². The Morgan fingerprint density at radius 1 is 0.667 bits per heavy atom. The van der Waals surface area contributed by atoms with Crippen LogP contribution in [0.15, 0.2) is 46.6 Å². The zero-order valence-electron chi connectivity index (χ0n) is 14.5. The first kappa shape index (κ1) is 19.6. The highest BCUT2D eigenvalue weighted by Crippen LogP contribution is 2.12. The van der Waals surface area contributed by atoms with E-state index in [4.69, 9.17) is 0 Å². The van der Waals surface area contributed by atoms with Crippen molar-refractivity contribution in [2.45, 2.75) is 73.1 Å².